The molecule has 0 saturated carbocycles. The van der Waals surface area contributed by atoms with Crippen LogP contribution in [0.2, 0.25) is 9.49 Å². The van der Waals surface area contributed by atoms with Crippen molar-refractivity contribution in [2.45, 2.75) is 6.54 Å². The number of nitrogens with zero attached hydrogens (tertiary/aromatic N) is 3. The quantitative estimate of drug-likeness (QED) is 0.642. The van der Waals surface area contributed by atoms with Gasteiger partial charge < -0.3 is 4.90 Å². The topological polar surface area (TPSA) is 46.1 Å². The first-order valence-corrected chi connectivity index (χ1v) is 6.60. The van der Waals surface area contributed by atoms with Crippen LogP contribution in [-0.2, 0) is 6.54 Å². The van der Waals surface area contributed by atoms with E-state index in [9.17, 15) is 4.79 Å². The van der Waals surface area contributed by atoms with Crippen molar-refractivity contribution < 1.29 is 4.79 Å². The van der Waals surface area contributed by atoms with Crippen LogP contribution in [0, 0.1) is 0 Å². The molecule has 0 aliphatic rings. The van der Waals surface area contributed by atoms with Crippen LogP contribution in [0.3, 0.4) is 0 Å². The summed E-state index contributed by atoms with van der Waals surface area (Å²) in [7, 11) is 1.83. The second kappa shape index (κ2) is 5.65. The highest BCUT2D eigenvalue weighted by Crippen LogP contribution is 2.26. The monoisotopic (exact) mass is 301 g/mol. The molecule has 18 heavy (non-hydrogen) atoms. The highest BCUT2D eigenvalue weighted by atomic mass is 35.5. The summed E-state index contributed by atoms with van der Waals surface area (Å²) in [5, 5.41) is 0.158. The van der Waals surface area contributed by atoms with Crippen molar-refractivity contribution in [2.24, 2.45) is 0 Å². The third-order valence-electron chi connectivity index (χ3n) is 2.32. The van der Waals surface area contributed by atoms with Crippen molar-refractivity contribution in [3.8, 4) is 0 Å². The van der Waals surface area contributed by atoms with E-state index < -0.39 is 0 Å². The molecule has 0 saturated heterocycles. The fourth-order valence-electron chi connectivity index (χ4n) is 1.52. The zero-order valence-corrected chi connectivity index (χ0v) is 11.8. The number of rotatable bonds is 4. The highest BCUT2D eigenvalue weighted by Gasteiger charge is 2.13. The lowest BCUT2D eigenvalue weighted by Crippen LogP contribution is -2.19. The Kier molecular flexibility index (Phi) is 4.16. The summed E-state index contributed by atoms with van der Waals surface area (Å²) in [6.07, 6.45) is 2.00. The zero-order valence-electron chi connectivity index (χ0n) is 9.43. The number of carbonyl (C=O) groups excluding carboxylic acids is 1. The molecule has 0 aliphatic heterocycles. The number of carbonyl (C=O) groups is 1. The van der Waals surface area contributed by atoms with Gasteiger partial charge in [-0.1, -0.05) is 23.2 Å². The minimum absolute atomic E-state index is 0.158. The van der Waals surface area contributed by atoms with Gasteiger partial charge in [0, 0.05) is 11.9 Å². The molecule has 94 valence electrons. The number of hydrogen-bond acceptors (Lipinski definition) is 5. The van der Waals surface area contributed by atoms with Gasteiger partial charge in [0.1, 0.15) is 17.3 Å². The average molecular weight is 302 g/mol. The number of hydrogen-bond donors (Lipinski definition) is 0. The molecule has 0 fully saturated rings. The molecule has 0 aromatic carbocycles. The van der Waals surface area contributed by atoms with Crippen molar-refractivity contribution in [3.05, 3.63) is 38.4 Å². The van der Waals surface area contributed by atoms with E-state index in [1.165, 1.54) is 17.7 Å². The Morgan fingerprint density at radius 2 is 2.17 bits per heavy atom. The van der Waals surface area contributed by atoms with Crippen molar-refractivity contribution in [1.82, 2.24) is 9.97 Å². The molecule has 0 N–H and O–H groups in total. The van der Waals surface area contributed by atoms with Gasteiger partial charge in [0.15, 0.2) is 6.29 Å². The van der Waals surface area contributed by atoms with Crippen LogP contribution in [0.1, 0.15) is 15.2 Å². The predicted octanol–water partition coefficient (Wildman–Crippen LogP) is 3.29. The Labute approximate surface area is 118 Å². The van der Waals surface area contributed by atoms with E-state index in [0.717, 1.165) is 9.21 Å². The van der Waals surface area contributed by atoms with Gasteiger partial charge in [-0.05, 0) is 12.1 Å². The first-order valence-electron chi connectivity index (χ1n) is 5.03. The first kappa shape index (κ1) is 13.3. The number of anilines is 1. The summed E-state index contributed by atoms with van der Waals surface area (Å²) in [5.41, 5.74) is 0.296. The van der Waals surface area contributed by atoms with Gasteiger partial charge >= 0.3 is 0 Å². The fraction of sp³-hybridized carbons (Fsp3) is 0.182. The van der Waals surface area contributed by atoms with E-state index in [0.29, 0.717) is 24.2 Å². The molecule has 2 aromatic rings. The normalized spacial score (nSPS) is 10.4. The lowest BCUT2D eigenvalue weighted by atomic mass is 10.3. The predicted molar refractivity (Wildman–Crippen MR) is 73.9 cm³/mol. The van der Waals surface area contributed by atoms with Crippen LogP contribution in [-0.4, -0.2) is 23.3 Å². The number of aldehydes is 1. The van der Waals surface area contributed by atoms with Crippen molar-refractivity contribution in [1.29, 1.82) is 0 Å². The van der Waals surface area contributed by atoms with Gasteiger partial charge in [-0.2, -0.15) is 0 Å². The van der Waals surface area contributed by atoms with E-state index in [1.807, 2.05) is 24.1 Å². The molecule has 2 rings (SSSR count). The van der Waals surface area contributed by atoms with E-state index in [1.54, 1.807) is 0 Å². The molecule has 0 radical (unpaired) electrons. The summed E-state index contributed by atoms with van der Waals surface area (Å²) >= 11 is 13.2. The van der Waals surface area contributed by atoms with E-state index in [2.05, 4.69) is 9.97 Å². The Morgan fingerprint density at radius 3 is 2.78 bits per heavy atom. The maximum absolute atomic E-state index is 11.0. The summed E-state index contributed by atoms with van der Waals surface area (Å²) in [4.78, 5) is 21.8. The van der Waals surface area contributed by atoms with E-state index in [4.69, 9.17) is 23.2 Å². The number of halogens is 2. The van der Waals surface area contributed by atoms with Gasteiger partial charge in [0.2, 0.25) is 0 Å². The Morgan fingerprint density at radius 1 is 1.39 bits per heavy atom. The maximum Gasteiger partial charge on any atom is 0.156 e. The molecule has 2 heterocycles. The van der Waals surface area contributed by atoms with Crippen LogP contribution >= 0.6 is 34.5 Å². The van der Waals surface area contributed by atoms with Gasteiger partial charge in [-0.15, -0.1) is 11.3 Å². The van der Waals surface area contributed by atoms with Gasteiger partial charge in [-0.3, -0.25) is 4.79 Å². The van der Waals surface area contributed by atoms with Crippen molar-refractivity contribution in [2.75, 3.05) is 11.9 Å². The summed E-state index contributed by atoms with van der Waals surface area (Å²) < 4.78 is 0.731. The Bertz CT molecular complexity index is 573. The van der Waals surface area contributed by atoms with Gasteiger partial charge in [0.05, 0.1) is 16.4 Å². The van der Waals surface area contributed by atoms with Crippen molar-refractivity contribution >= 4 is 46.6 Å². The highest BCUT2D eigenvalue weighted by molar-refractivity contribution is 7.16. The number of aromatic nitrogens is 2. The second-order valence-corrected chi connectivity index (χ2v) is 5.74. The lowest BCUT2D eigenvalue weighted by Gasteiger charge is -2.18. The molecule has 0 amide bonds. The average Bonchev–Trinajstić information content (AvgIpc) is 2.74. The van der Waals surface area contributed by atoms with Crippen LogP contribution in [0.5, 0.6) is 0 Å². The largest absolute Gasteiger partial charge is 0.354 e. The maximum atomic E-state index is 11.0. The molecule has 0 aliphatic carbocycles. The molecular formula is C11H9Cl2N3OS. The van der Waals surface area contributed by atoms with Crippen LogP contribution < -0.4 is 4.90 Å². The number of thiophene rings is 1. The van der Waals surface area contributed by atoms with Crippen LogP contribution in [0.15, 0.2) is 18.5 Å². The molecule has 2 aromatic heterocycles. The molecule has 4 nitrogen and oxygen atoms in total. The lowest BCUT2D eigenvalue weighted by molar-refractivity contribution is 0.112. The fourth-order valence-corrected chi connectivity index (χ4v) is 2.83. The molecule has 7 heteroatoms. The van der Waals surface area contributed by atoms with Crippen LogP contribution in [0.4, 0.5) is 5.82 Å². The summed E-state index contributed by atoms with van der Waals surface area (Å²) in [6, 6.07) is 3.77. The minimum Gasteiger partial charge on any atom is -0.354 e. The van der Waals surface area contributed by atoms with E-state index >= 15 is 0 Å². The molecule has 0 spiro atoms. The molecule has 0 unspecified atom stereocenters. The van der Waals surface area contributed by atoms with Gasteiger partial charge in [-0.25, -0.2) is 9.97 Å². The van der Waals surface area contributed by atoms with Crippen LogP contribution in [0.25, 0.3) is 0 Å². The smallest absolute Gasteiger partial charge is 0.156 e. The standard InChI is InChI=1S/C11H9Cl2N3OS/c1-16(4-7-2-3-9(12)18-7)11-8(5-17)10(13)14-6-15-11/h2-3,5-6H,4H2,1H3. The molecule has 0 bridgehead atoms. The Balaban J connectivity index is 2.26. The molecule has 0 atom stereocenters. The third-order valence-corrected chi connectivity index (χ3v) is 3.83. The van der Waals surface area contributed by atoms with E-state index in [-0.39, 0.29) is 5.15 Å². The summed E-state index contributed by atoms with van der Waals surface area (Å²) in [6.45, 7) is 0.603. The van der Waals surface area contributed by atoms with Crippen molar-refractivity contribution in [3.63, 3.8) is 0 Å². The Hall–Kier alpha value is -1.17. The second-order valence-electron chi connectivity index (χ2n) is 3.58. The SMILES string of the molecule is CN(Cc1ccc(Cl)s1)c1ncnc(Cl)c1C=O. The first-order chi connectivity index (χ1) is 8.61. The third kappa shape index (κ3) is 2.80. The summed E-state index contributed by atoms with van der Waals surface area (Å²) in [5.74, 6) is 0.509. The minimum atomic E-state index is 0.158. The van der Waals surface area contributed by atoms with Gasteiger partial charge in [0.25, 0.3) is 0 Å². The zero-order chi connectivity index (χ0) is 13.1. The molecular weight excluding hydrogens is 293 g/mol.